The first-order valence-electron chi connectivity index (χ1n) is 9.04. The Morgan fingerprint density at radius 3 is 2.19 bits per heavy atom. The molecular weight excluding hydrogens is 392 g/mol. The maximum atomic E-state index is 12.6. The highest BCUT2D eigenvalue weighted by atomic mass is 32.2. The monoisotopic (exact) mass is 420 g/mol. The summed E-state index contributed by atoms with van der Waals surface area (Å²) >= 11 is 0. The zero-order chi connectivity index (χ0) is 19.8. The van der Waals surface area contributed by atoms with Gasteiger partial charge in [-0.1, -0.05) is 6.42 Å². The van der Waals surface area contributed by atoms with Crippen LogP contribution in [0.1, 0.15) is 25.7 Å². The van der Waals surface area contributed by atoms with E-state index in [0.717, 1.165) is 19.3 Å². The Bertz CT molecular complexity index is 772. The molecule has 27 heavy (non-hydrogen) atoms. The van der Waals surface area contributed by atoms with Crippen molar-refractivity contribution in [1.29, 1.82) is 0 Å². The van der Waals surface area contributed by atoms with Gasteiger partial charge in [0.1, 0.15) is 0 Å². The van der Waals surface area contributed by atoms with Gasteiger partial charge in [0, 0.05) is 33.4 Å². The molecule has 0 aliphatic carbocycles. The molecule has 1 N–H and O–H groups in total. The van der Waals surface area contributed by atoms with E-state index in [4.69, 9.17) is 9.47 Å². The van der Waals surface area contributed by atoms with Crippen molar-refractivity contribution in [2.45, 2.75) is 35.5 Å². The van der Waals surface area contributed by atoms with E-state index in [-0.39, 0.29) is 16.3 Å². The minimum Gasteiger partial charge on any atom is -0.382 e. The molecule has 2 rings (SSSR count). The van der Waals surface area contributed by atoms with Gasteiger partial charge in [-0.2, -0.15) is 4.31 Å². The summed E-state index contributed by atoms with van der Waals surface area (Å²) in [5, 5.41) is 0. The van der Waals surface area contributed by atoms with Gasteiger partial charge in [0.25, 0.3) is 0 Å². The van der Waals surface area contributed by atoms with E-state index in [2.05, 4.69) is 4.72 Å². The molecule has 1 fully saturated rings. The maximum Gasteiger partial charge on any atom is 0.243 e. The zero-order valence-corrected chi connectivity index (χ0v) is 17.2. The van der Waals surface area contributed by atoms with Gasteiger partial charge < -0.3 is 9.47 Å². The SMILES string of the molecule is COCCOCCCNS(=O)(=O)c1ccc(S(=O)(=O)N2CCCCC2)cc1. The Morgan fingerprint density at radius 1 is 0.926 bits per heavy atom. The average molecular weight is 421 g/mol. The van der Waals surface area contributed by atoms with E-state index in [9.17, 15) is 16.8 Å². The fourth-order valence-corrected chi connectivity index (χ4v) is 5.34. The molecular formula is C17H28N2O6S2. The molecule has 0 amide bonds. The van der Waals surface area contributed by atoms with Gasteiger partial charge in [-0.15, -0.1) is 0 Å². The summed E-state index contributed by atoms with van der Waals surface area (Å²) in [5.74, 6) is 0. The van der Waals surface area contributed by atoms with Crippen LogP contribution in [0.2, 0.25) is 0 Å². The minimum absolute atomic E-state index is 0.0420. The van der Waals surface area contributed by atoms with Crippen LogP contribution >= 0.6 is 0 Å². The third kappa shape index (κ3) is 6.51. The van der Waals surface area contributed by atoms with Crippen molar-refractivity contribution in [1.82, 2.24) is 9.03 Å². The highest BCUT2D eigenvalue weighted by molar-refractivity contribution is 7.89. The topological polar surface area (TPSA) is 102 Å². The first-order valence-corrected chi connectivity index (χ1v) is 12.0. The fraction of sp³-hybridized carbons (Fsp3) is 0.647. The molecule has 0 unspecified atom stereocenters. The maximum absolute atomic E-state index is 12.6. The number of rotatable bonds is 11. The van der Waals surface area contributed by atoms with Crippen molar-refractivity contribution >= 4 is 20.0 Å². The van der Waals surface area contributed by atoms with Crippen LogP contribution in [0.5, 0.6) is 0 Å². The van der Waals surface area contributed by atoms with Crippen molar-refractivity contribution in [2.75, 3.05) is 46.6 Å². The number of hydrogen-bond acceptors (Lipinski definition) is 6. The van der Waals surface area contributed by atoms with Crippen LogP contribution in [-0.4, -0.2) is 67.7 Å². The Balaban J connectivity index is 1.91. The molecule has 1 heterocycles. The van der Waals surface area contributed by atoms with E-state index in [1.165, 1.54) is 28.6 Å². The fourth-order valence-electron chi connectivity index (χ4n) is 2.75. The molecule has 0 radical (unpaired) electrons. The highest BCUT2D eigenvalue weighted by Crippen LogP contribution is 2.21. The van der Waals surface area contributed by atoms with Crippen LogP contribution in [0, 0.1) is 0 Å². The summed E-state index contributed by atoms with van der Waals surface area (Å²) in [7, 11) is -5.66. The summed E-state index contributed by atoms with van der Waals surface area (Å²) in [6, 6.07) is 5.36. The number of hydrogen-bond donors (Lipinski definition) is 1. The summed E-state index contributed by atoms with van der Waals surface area (Å²) in [6.07, 6.45) is 3.27. The van der Waals surface area contributed by atoms with Crippen LogP contribution in [-0.2, 0) is 29.5 Å². The average Bonchev–Trinajstić information content (AvgIpc) is 2.68. The van der Waals surface area contributed by atoms with Crippen LogP contribution in [0.25, 0.3) is 0 Å². The van der Waals surface area contributed by atoms with Crippen LogP contribution in [0.3, 0.4) is 0 Å². The van der Waals surface area contributed by atoms with Crippen LogP contribution in [0.15, 0.2) is 34.1 Å². The van der Waals surface area contributed by atoms with Gasteiger partial charge in [-0.3, -0.25) is 0 Å². The van der Waals surface area contributed by atoms with Gasteiger partial charge in [0.15, 0.2) is 0 Å². The largest absolute Gasteiger partial charge is 0.382 e. The zero-order valence-electron chi connectivity index (χ0n) is 15.6. The lowest BCUT2D eigenvalue weighted by atomic mass is 10.2. The van der Waals surface area contributed by atoms with E-state index in [1.54, 1.807) is 7.11 Å². The predicted octanol–water partition coefficient (Wildman–Crippen LogP) is 1.19. The van der Waals surface area contributed by atoms with Crippen molar-refractivity contribution in [3.8, 4) is 0 Å². The van der Waals surface area contributed by atoms with E-state index in [1.807, 2.05) is 0 Å². The molecule has 0 aromatic heterocycles. The van der Waals surface area contributed by atoms with Crippen molar-refractivity contribution in [3.63, 3.8) is 0 Å². The standard InChI is InChI=1S/C17H28N2O6S2/c1-24-14-15-25-13-5-10-18-26(20,21)16-6-8-17(9-7-16)27(22,23)19-11-3-2-4-12-19/h6-9,18H,2-5,10-15H2,1H3. The minimum atomic E-state index is -3.68. The van der Waals surface area contributed by atoms with E-state index in [0.29, 0.717) is 39.3 Å². The van der Waals surface area contributed by atoms with Crippen molar-refractivity contribution in [3.05, 3.63) is 24.3 Å². The normalized spacial score (nSPS) is 16.5. The van der Waals surface area contributed by atoms with Crippen LogP contribution in [0.4, 0.5) is 0 Å². The van der Waals surface area contributed by atoms with Gasteiger partial charge in [0.05, 0.1) is 23.0 Å². The predicted molar refractivity (Wildman–Crippen MR) is 102 cm³/mol. The van der Waals surface area contributed by atoms with E-state index >= 15 is 0 Å². The number of benzene rings is 1. The lowest BCUT2D eigenvalue weighted by molar-refractivity contribution is 0.0699. The number of sulfonamides is 2. The van der Waals surface area contributed by atoms with Crippen molar-refractivity contribution in [2.24, 2.45) is 0 Å². The molecule has 1 saturated heterocycles. The molecule has 1 aromatic carbocycles. The summed E-state index contributed by atoms with van der Waals surface area (Å²) in [5.41, 5.74) is 0. The Hall–Kier alpha value is -1.04. The molecule has 1 aromatic rings. The first-order chi connectivity index (χ1) is 12.9. The number of nitrogens with zero attached hydrogens (tertiary/aromatic N) is 1. The molecule has 0 bridgehead atoms. The Kier molecular flexibility index (Phi) is 8.64. The van der Waals surface area contributed by atoms with Gasteiger partial charge >= 0.3 is 0 Å². The second-order valence-electron chi connectivity index (χ2n) is 6.29. The summed E-state index contributed by atoms with van der Waals surface area (Å²) in [6.45, 7) is 2.66. The lowest BCUT2D eigenvalue weighted by Crippen LogP contribution is -2.35. The molecule has 0 spiro atoms. The molecule has 1 aliphatic rings. The number of methoxy groups -OCH3 is 1. The molecule has 1 aliphatic heterocycles. The molecule has 154 valence electrons. The lowest BCUT2D eigenvalue weighted by Gasteiger charge is -2.25. The van der Waals surface area contributed by atoms with Gasteiger partial charge in [0.2, 0.25) is 20.0 Å². The molecule has 0 atom stereocenters. The molecule has 8 nitrogen and oxygen atoms in total. The smallest absolute Gasteiger partial charge is 0.243 e. The van der Waals surface area contributed by atoms with Crippen molar-refractivity contribution < 1.29 is 26.3 Å². The first kappa shape index (κ1) is 22.3. The summed E-state index contributed by atoms with van der Waals surface area (Å²) < 4.78 is 63.9. The van der Waals surface area contributed by atoms with Gasteiger partial charge in [-0.25, -0.2) is 21.6 Å². The third-order valence-corrected chi connectivity index (χ3v) is 7.67. The number of ether oxygens (including phenoxy) is 2. The Morgan fingerprint density at radius 2 is 1.56 bits per heavy atom. The molecule has 0 saturated carbocycles. The van der Waals surface area contributed by atoms with Crippen LogP contribution < -0.4 is 4.72 Å². The summed E-state index contributed by atoms with van der Waals surface area (Å²) in [4.78, 5) is 0.162. The Labute approximate surface area is 161 Å². The third-order valence-electron chi connectivity index (χ3n) is 4.28. The molecule has 10 heteroatoms. The second kappa shape index (κ2) is 10.5. The van der Waals surface area contributed by atoms with E-state index < -0.39 is 20.0 Å². The number of piperidine rings is 1. The quantitative estimate of drug-likeness (QED) is 0.540. The second-order valence-corrected chi connectivity index (χ2v) is 10.00. The van der Waals surface area contributed by atoms with Gasteiger partial charge in [-0.05, 0) is 43.5 Å². The highest BCUT2D eigenvalue weighted by Gasteiger charge is 2.26. The number of nitrogens with one attached hydrogen (secondary N) is 1.